The smallest absolute Gasteiger partial charge is 0.227 e. The Kier molecular flexibility index (Phi) is 5.62. The molecule has 1 aliphatic heterocycles. The topological polar surface area (TPSA) is 41.6 Å². The average molecular weight is 290 g/mol. The van der Waals surface area contributed by atoms with Gasteiger partial charge in [-0.25, -0.2) is 0 Å². The molecule has 0 spiro atoms. The quantitative estimate of drug-likeness (QED) is 0.875. The van der Waals surface area contributed by atoms with Crippen molar-refractivity contribution in [1.82, 2.24) is 10.2 Å². The summed E-state index contributed by atoms with van der Waals surface area (Å²) in [6.07, 6.45) is 2.13. The van der Waals surface area contributed by atoms with Crippen LogP contribution in [0.25, 0.3) is 0 Å². The van der Waals surface area contributed by atoms with Gasteiger partial charge in [-0.05, 0) is 37.1 Å². The first-order valence-electron chi connectivity index (χ1n) is 7.82. The predicted octanol–water partition coefficient (Wildman–Crippen LogP) is 2.60. The summed E-state index contributed by atoms with van der Waals surface area (Å²) in [6, 6.07) is 8.30. The molecule has 0 aliphatic carbocycles. The summed E-state index contributed by atoms with van der Waals surface area (Å²) in [7, 11) is 1.67. The van der Waals surface area contributed by atoms with Gasteiger partial charge in [0, 0.05) is 19.0 Å². The van der Waals surface area contributed by atoms with E-state index in [1.54, 1.807) is 7.11 Å². The number of hydrogen-bond donors (Lipinski definition) is 1. The molecule has 0 bridgehead atoms. The van der Waals surface area contributed by atoms with Crippen LogP contribution >= 0.6 is 0 Å². The number of carbonyl (C=O) groups is 1. The fourth-order valence-electron chi connectivity index (χ4n) is 2.93. The van der Waals surface area contributed by atoms with Gasteiger partial charge in [0.2, 0.25) is 5.91 Å². The Bertz CT molecular complexity index is 458. The molecule has 1 N–H and O–H groups in total. The molecule has 1 fully saturated rings. The highest BCUT2D eigenvalue weighted by atomic mass is 16.5. The Morgan fingerprint density at radius 2 is 2.14 bits per heavy atom. The van der Waals surface area contributed by atoms with E-state index in [1.165, 1.54) is 5.56 Å². The van der Waals surface area contributed by atoms with E-state index in [0.29, 0.717) is 0 Å². The largest absolute Gasteiger partial charge is 0.497 e. The van der Waals surface area contributed by atoms with E-state index >= 15 is 0 Å². The Morgan fingerprint density at radius 3 is 2.76 bits per heavy atom. The SMILES string of the molecule is CCNCC(C)C(=O)N1CCCC1c1ccc(OC)cc1. The van der Waals surface area contributed by atoms with Crippen LogP contribution in [-0.4, -0.2) is 37.6 Å². The number of benzene rings is 1. The van der Waals surface area contributed by atoms with Gasteiger partial charge in [0.1, 0.15) is 5.75 Å². The molecule has 4 nitrogen and oxygen atoms in total. The molecule has 1 aliphatic rings. The van der Waals surface area contributed by atoms with Gasteiger partial charge in [0.15, 0.2) is 0 Å². The summed E-state index contributed by atoms with van der Waals surface area (Å²) >= 11 is 0. The lowest BCUT2D eigenvalue weighted by Crippen LogP contribution is -2.38. The minimum absolute atomic E-state index is 0.0313. The maximum Gasteiger partial charge on any atom is 0.227 e. The summed E-state index contributed by atoms with van der Waals surface area (Å²) in [4.78, 5) is 14.7. The number of hydrogen-bond acceptors (Lipinski definition) is 3. The van der Waals surface area contributed by atoms with Gasteiger partial charge in [-0.1, -0.05) is 26.0 Å². The number of rotatable bonds is 6. The van der Waals surface area contributed by atoms with Gasteiger partial charge in [-0.3, -0.25) is 4.79 Å². The highest BCUT2D eigenvalue weighted by molar-refractivity contribution is 5.79. The lowest BCUT2D eigenvalue weighted by atomic mass is 10.0. The van der Waals surface area contributed by atoms with Crippen LogP contribution in [0.5, 0.6) is 5.75 Å². The van der Waals surface area contributed by atoms with Crippen LogP contribution in [0.15, 0.2) is 24.3 Å². The van der Waals surface area contributed by atoms with Crippen LogP contribution in [0.1, 0.15) is 38.3 Å². The molecule has 0 saturated carbocycles. The second-order valence-electron chi connectivity index (χ2n) is 5.67. The third-order valence-electron chi connectivity index (χ3n) is 4.16. The monoisotopic (exact) mass is 290 g/mol. The van der Waals surface area contributed by atoms with E-state index in [0.717, 1.165) is 38.2 Å². The van der Waals surface area contributed by atoms with Crippen LogP contribution in [0.3, 0.4) is 0 Å². The zero-order valence-electron chi connectivity index (χ0n) is 13.3. The standard InChI is InChI=1S/C17H26N2O2/c1-4-18-12-13(2)17(20)19-11-5-6-16(19)14-7-9-15(21-3)10-8-14/h7-10,13,16,18H,4-6,11-12H2,1-3H3. The Morgan fingerprint density at radius 1 is 1.43 bits per heavy atom. The van der Waals surface area contributed by atoms with E-state index in [1.807, 2.05) is 24.0 Å². The summed E-state index contributed by atoms with van der Waals surface area (Å²) in [5.74, 6) is 1.15. The molecule has 4 heteroatoms. The summed E-state index contributed by atoms with van der Waals surface area (Å²) in [5.41, 5.74) is 1.21. The number of nitrogens with zero attached hydrogens (tertiary/aromatic N) is 1. The van der Waals surface area contributed by atoms with Gasteiger partial charge >= 0.3 is 0 Å². The first-order valence-corrected chi connectivity index (χ1v) is 7.82. The Balaban J connectivity index is 2.06. The Hall–Kier alpha value is -1.55. The average Bonchev–Trinajstić information content (AvgIpc) is 3.01. The van der Waals surface area contributed by atoms with Crippen molar-refractivity contribution in [3.8, 4) is 5.75 Å². The first-order chi connectivity index (χ1) is 10.2. The number of nitrogens with one attached hydrogen (secondary N) is 1. The van der Waals surface area contributed by atoms with Crippen molar-refractivity contribution in [2.24, 2.45) is 5.92 Å². The van der Waals surface area contributed by atoms with Crippen molar-refractivity contribution >= 4 is 5.91 Å². The van der Waals surface area contributed by atoms with Crippen molar-refractivity contribution in [3.63, 3.8) is 0 Å². The maximum atomic E-state index is 12.6. The predicted molar refractivity (Wildman–Crippen MR) is 84.4 cm³/mol. The van der Waals surface area contributed by atoms with Crippen molar-refractivity contribution in [1.29, 1.82) is 0 Å². The van der Waals surface area contributed by atoms with Gasteiger partial charge in [0.25, 0.3) is 0 Å². The molecule has 1 aromatic rings. The summed E-state index contributed by atoms with van der Waals surface area (Å²) in [5, 5.41) is 3.26. The van der Waals surface area contributed by atoms with E-state index in [9.17, 15) is 4.79 Å². The minimum Gasteiger partial charge on any atom is -0.497 e. The molecule has 0 radical (unpaired) electrons. The summed E-state index contributed by atoms with van der Waals surface area (Å²) < 4.78 is 5.20. The van der Waals surface area contributed by atoms with Crippen molar-refractivity contribution in [3.05, 3.63) is 29.8 Å². The molecule has 2 unspecified atom stereocenters. The molecule has 2 atom stereocenters. The highest BCUT2D eigenvalue weighted by Gasteiger charge is 2.32. The van der Waals surface area contributed by atoms with Crippen molar-refractivity contribution in [2.75, 3.05) is 26.7 Å². The van der Waals surface area contributed by atoms with Gasteiger partial charge in [-0.15, -0.1) is 0 Å². The zero-order valence-corrected chi connectivity index (χ0v) is 13.3. The highest BCUT2D eigenvalue weighted by Crippen LogP contribution is 2.33. The fraction of sp³-hybridized carbons (Fsp3) is 0.588. The third-order valence-corrected chi connectivity index (χ3v) is 4.16. The second kappa shape index (κ2) is 7.46. The number of carbonyl (C=O) groups excluding carboxylic acids is 1. The fourth-order valence-corrected chi connectivity index (χ4v) is 2.93. The van der Waals surface area contributed by atoms with Gasteiger partial charge in [-0.2, -0.15) is 0 Å². The lowest BCUT2D eigenvalue weighted by molar-refractivity contribution is -0.135. The van der Waals surface area contributed by atoms with E-state index in [-0.39, 0.29) is 17.9 Å². The number of ether oxygens (including phenoxy) is 1. The van der Waals surface area contributed by atoms with Crippen molar-refractivity contribution < 1.29 is 9.53 Å². The number of methoxy groups -OCH3 is 1. The minimum atomic E-state index is 0.0313. The van der Waals surface area contributed by atoms with Gasteiger partial charge in [0.05, 0.1) is 13.2 Å². The molecular formula is C17H26N2O2. The second-order valence-corrected chi connectivity index (χ2v) is 5.67. The number of amides is 1. The van der Waals surface area contributed by atoms with E-state index in [4.69, 9.17) is 4.74 Å². The Labute approximate surface area is 127 Å². The van der Waals surface area contributed by atoms with Crippen LogP contribution < -0.4 is 10.1 Å². The molecule has 1 amide bonds. The third kappa shape index (κ3) is 3.76. The summed E-state index contributed by atoms with van der Waals surface area (Å²) in [6.45, 7) is 6.59. The van der Waals surface area contributed by atoms with E-state index in [2.05, 4.69) is 24.4 Å². The molecular weight excluding hydrogens is 264 g/mol. The van der Waals surface area contributed by atoms with Crippen molar-refractivity contribution in [2.45, 2.75) is 32.7 Å². The lowest BCUT2D eigenvalue weighted by Gasteiger charge is -2.28. The molecule has 116 valence electrons. The van der Waals surface area contributed by atoms with Crippen LogP contribution in [0.2, 0.25) is 0 Å². The maximum absolute atomic E-state index is 12.6. The van der Waals surface area contributed by atoms with Crippen LogP contribution in [-0.2, 0) is 4.79 Å². The molecule has 2 rings (SSSR count). The van der Waals surface area contributed by atoms with Crippen LogP contribution in [0, 0.1) is 5.92 Å². The molecule has 21 heavy (non-hydrogen) atoms. The zero-order chi connectivity index (χ0) is 15.2. The normalized spacial score (nSPS) is 19.6. The molecule has 1 saturated heterocycles. The molecule has 1 heterocycles. The van der Waals surface area contributed by atoms with Crippen LogP contribution in [0.4, 0.5) is 0 Å². The molecule has 1 aromatic carbocycles. The number of likely N-dealkylation sites (tertiary alicyclic amines) is 1. The first kappa shape index (κ1) is 15.8. The molecule has 0 aromatic heterocycles. The van der Waals surface area contributed by atoms with E-state index < -0.39 is 0 Å². The van der Waals surface area contributed by atoms with Gasteiger partial charge < -0.3 is 15.0 Å².